The molecular formula is C16H15Cl2NO2. The number of carbonyl (C=O) groups excluding carboxylic acids is 1. The molecule has 0 aliphatic carbocycles. The molecule has 2 rings (SSSR count). The molecule has 0 bridgehead atoms. The van der Waals surface area contributed by atoms with Crippen molar-refractivity contribution in [1.29, 1.82) is 0 Å². The Bertz CT molecular complexity index is 658. The van der Waals surface area contributed by atoms with Crippen LogP contribution in [0.3, 0.4) is 0 Å². The Labute approximate surface area is 133 Å². The molecule has 1 atom stereocenters. The number of esters is 1. The van der Waals surface area contributed by atoms with Crippen molar-refractivity contribution in [1.82, 2.24) is 0 Å². The van der Waals surface area contributed by atoms with Crippen molar-refractivity contribution < 1.29 is 9.53 Å². The van der Waals surface area contributed by atoms with Crippen LogP contribution < -0.4 is 5.32 Å². The zero-order valence-electron chi connectivity index (χ0n) is 11.7. The van der Waals surface area contributed by atoms with Crippen molar-refractivity contribution in [2.75, 3.05) is 12.4 Å². The molecule has 0 aromatic heterocycles. The molecule has 0 aliphatic rings. The van der Waals surface area contributed by atoms with Gasteiger partial charge >= 0.3 is 5.97 Å². The Morgan fingerprint density at radius 1 is 1.19 bits per heavy atom. The van der Waals surface area contributed by atoms with Gasteiger partial charge in [0.1, 0.15) is 0 Å². The molecule has 0 fully saturated rings. The van der Waals surface area contributed by atoms with E-state index in [1.807, 2.05) is 31.2 Å². The molecule has 0 amide bonds. The minimum absolute atomic E-state index is 0.414. The molecule has 0 saturated heterocycles. The second-order valence-corrected chi connectivity index (χ2v) is 5.42. The third-order valence-corrected chi connectivity index (χ3v) is 3.72. The topological polar surface area (TPSA) is 38.3 Å². The molecule has 0 radical (unpaired) electrons. The third-order valence-electron chi connectivity index (χ3n) is 3.16. The number of halogens is 2. The summed E-state index contributed by atoms with van der Waals surface area (Å²) in [6, 6.07) is 12.0. The summed E-state index contributed by atoms with van der Waals surface area (Å²) in [5.41, 5.74) is 2.49. The number of anilines is 1. The van der Waals surface area contributed by atoms with Crippen molar-refractivity contribution in [3.8, 4) is 0 Å². The Hall–Kier alpha value is -1.71. The van der Waals surface area contributed by atoms with E-state index in [1.54, 1.807) is 18.2 Å². The Morgan fingerprint density at radius 2 is 1.90 bits per heavy atom. The van der Waals surface area contributed by atoms with Crippen molar-refractivity contribution in [3.63, 3.8) is 0 Å². The van der Waals surface area contributed by atoms with Gasteiger partial charge in [-0.3, -0.25) is 0 Å². The van der Waals surface area contributed by atoms with E-state index in [0.29, 0.717) is 15.6 Å². The highest BCUT2D eigenvalue weighted by Crippen LogP contribution is 2.30. The molecule has 3 nitrogen and oxygen atoms in total. The second kappa shape index (κ2) is 6.83. The lowest BCUT2D eigenvalue weighted by Crippen LogP contribution is -2.23. The summed E-state index contributed by atoms with van der Waals surface area (Å²) >= 11 is 12.1. The molecule has 2 aromatic rings. The third kappa shape index (κ3) is 3.69. The lowest BCUT2D eigenvalue weighted by Gasteiger charge is -2.20. The summed E-state index contributed by atoms with van der Waals surface area (Å²) in [5, 5.41) is 4.11. The van der Waals surface area contributed by atoms with Crippen molar-refractivity contribution in [2.24, 2.45) is 0 Å². The van der Waals surface area contributed by atoms with E-state index in [2.05, 4.69) is 5.32 Å². The highest BCUT2D eigenvalue weighted by molar-refractivity contribution is 6.35. The van der Waals surface area contributed by atoms with E-state index in [0.717, 1.165) is 11.3 Å². The summed E-state index contributed by atoms with van der Waals surface area (Å²) in [5.74, 6) is -0.414. The predicted molar refractivity (Wildman–Crippen MR) is 86.0 cm³/mol. The summed E-state index contributed by atoms with van der Waals surface area (Å²) in [6.07, 6.45) is 0. The first-order chi connectivity index (χ1) is 10.0. The molecular weight excluding hydrogens is 309 g/mol. The highest BCUT2D eigenvalue weighted by atomic mass is 35.5. The fourth-order valence-corrected chi connectivity index (χ4v) is 2.53. The van der Waals surface area contributed by atoms with E-state index in [-0.39, 0.29) is 0 Å². The number of aryl methyl sites for hydroxylation is 1. The number of methoxy groups -OCH3 is 1. The van der Waals surface area contributed by atoms with Crippen molar-refractivity contribution in [2.45, 2.75) is 13.0 Å². The smallest absolute Gasteiger partial charge is 0.333 e. The molecule has 0 heterocycles. The number of hydrogen-bond donors (Lipinski definition) is 1. The fraction of sp³-hybridized carbons (Fsp3) is 0.188. The van der Waals surface area contributed by atoms with Crippen molar-refractivity contribution in [3.05, 3.63) is 63.6 Å². The van der Waals surface area contributed by atoms with E-state index in [4.69, 9.17) is 27.9 Å². The average molecular weight is 324 g/mol. The molecule has 5 heteroatoms. The fourth-order valence-electron chi connectivity index (χ4n) is 2.01. The Kier molecular flexibility index (Phi) is 5.10. The molecule has 0 saturated carbocycles. The minimum Gasteiger partial charge on any atom is -0.467 e. The van der Waals surface area contributed by atoms with Crippen LogP contribution in [-0.2, 0) is 9.53 Å². The van der Waals surface area contributed by atoms with Crippen LogP contribution in [0.15, 0.2) is 42.5 Å². The largest absolute Gasteiger partial charge is 0.467 e. The van der Waals surface area contributed by atoms with E-state index < -0.39 is 12.0 Å². The minimum atomic E-state index is -0.694. The second-order valence-electron chi connectivity index (χ2n) is 4.58. The van der Waals surface area contributed by atoms with E-state index in [1.165, 1.54) is 7.11 Å². The van der Waals surface area contributed by atoms with Gasteiger partial charge in [0.15, 0.2) is 6.04 Å². The molecule has 21 heavy (non-hydrogen) atoms. The summed E-state index contributed by atoms with van der Waals surface area (Å²) in [6.45, 7) is 1.96. The van der Waals surface area contributed by atoms with Crippen LogP contribution >= 0.6 is 23.2 Å². The van der Waals surface area contributed by atoms with Gasteiger partial charge in [-0.1, -0.05) is 47.5 Å². The van der Waals surface area contributed by atoms with Gasteiger partial charge in [-0.15, -0.1) is 0 Å². The number of ether oxygens (including phenoxy) is 1. The Balaban J connectivity index is 2.40. The summed E-state index contributed by atoms with van der Waals surface area (Å²) in [7, 11) is 1.35. The molecule has 110 valence electrons. The van der Waals surface area contributed by atoms with E-state index in [9.17, 15) is 4.79 Å². The Morgan fingerprint density at radius 3 is 2.52 bits per heavy atom. The van der Waals surface area contributed by atoms with Crippen LogP contribution in [0.1, 0.15) is 17.2 Å². The lowest BCUT2D eigenvalue weighted by atomic mass is 10.1. The zero-order chi connectivity index (χ0) is 15.4. The van der Waals surface area contributed by atoms with Gasteiger partial charge in [0, 0.05) is 21.3 Å². The summed E-state index contributed by atoms with van der Waals surface area (Å²) < 4.78 is 4.87. The van der Waals surface area contributed by atoms with Gasteiger partial charge in [-0.2, -0.15) is 0 Å². The highest BCUT2D eigenvalue weighted by Gasteiger charge is 2.24. The number of hydrogen-bond acceptors (Lipinski definition) is 3. The van der Waals surface area contributed by atoms with Crippen molar-refractivity contribution >= 4 is 34.9 Å². The standard InChI is InChI=1S/C16H15Cl2NO2/c1-10-5-3-4-6-14(10)19-15(16(20)21-2)12-8-7-11(17)9-13(12)18/h3-9,15,19H,1-2H3. The number of carbonyl (C=O) groups is 1. The maximum atomic E-state index is 12.1. The molecule has 1 unspecified atom stereocenters. The van der Waals surface area contributed by atoms with Gasteiger partial charge in [0.25, 0.3) is 0 Å². The normalized spacial score (nSPS) is 11.8. The summed E-state index contributed by atoms with van der Waals surface area (Å²) in [4.78, 5) is 12.1. The predicted octanol–water partition coefficient (Wildman–Crippen LogP) is 4.63. The SMILES string of the molecule is COC(=O)C(Nc1ccccc1C)c1ccc(Cl)cc1Cl. The molecule has 1 N–H and O–H groups in total. The molecule has 0 aliphatic heterocycles. The number of benzene rings is 2. The lowest BCUT2D eigenvalue weighted by molar-refractivity contribution is -0.141. The quantitative estimate of drug-likeness (QED) is 0.834. The van der Waals surface area contributed by atoms with Gasteiger partial charge in [-0.25, -0.2) is 4.79 Å². The maximum Gasteiger partial charge on any atom is 0.333 e. The first-order valence-electron chi connectivity index (χ1n) is 6.38. The van der Waals surface area contributed by atoms with E-state index >= 15 is 0 Å². The average Bonchev–Trinajstić information content (AvgIpc) is 2.46. The van der Waals surface area contributed by atoms with Gasteiger partial charge in [-0.05, 0) is 30.7 Å². The monoisotopic (exact) mass is 323 g/mol. The van der Waals surface area contributed by atoms with Crippen LogP contribution in [0.2, 0.25) is 10.0 Å². The van der Waals surface area contributed by atoms with Crippen LogP contribution in [-0.4, -0.2) is 13.1 Å². The molecule has 0 spiro atoms. The zero-order valence-corrected chi connectivity index (χ0v) is 13.2. The van der Waals surface area contributed by atoms with Crippen LogP contribution in [0.4, 0.5) is 5.69 Å². The van der Waals surface area contributed by atoms with Crippen LogP contribution in [0, 0.1) is 6.92 Å². The number of para-hydroxylation sites is 1. The van der Waals surface area contributed by atoms with Crippen LogP contribution in [0.5, 0.6) is 0 Å². The number of rotatable bonds is 4. The first-order valence-corrected chi connectivity index (χ1v) is 7.13. The van der Waals surface area contributed by atoms with Gasteiger partial charge in [0.05, 0.1) is 7.11 Å². The first kappa shape index (κ1) is 15.7. The molecule has 2 aromatic carbocycles. The number of nitrogens with one attached hydrogen (secondary N) is 1. The van der Waals surface area contributed by atoms with Crippen LogP contribution in [0.25, 0.3) is 0 Å². The maximum absolute atomic E-state index is 12.1. The van der Waals surface area contributed by atoms with Gasteiger partial charge in [0.2, 0.25) is 0 Å². The van der Waals surface area contributed by atoms with Gasteiger partial charge < -0.3 is 10.1 Å².